The van der Waals surface area contributed by atoms with Gasteiger partial charge in [0.05, 0.1) is 11.5 Å². The van der Waals surface area contributed by atoms with E-state index in [-0.39, 0.29) is 18.3 Å². The minimum absolute atomic E-state index is 0.0593. The summed E-state index contributed by atoms with van der Waals surface area (Å²) in [6.07, 6.45) is 5.84. The van der Waals surface area contributed by atoms with Crippen LogP contribution in [0.1, 0.15) is 41.9 Å². The molecule has 0 fully saturated rings. The van der Waals surface area contributed by atoms with E-state index in [1.165, 1.54) is 0 Å². The number of Topliss-reactive ketones (excluding diaryl/α,β-unsaturated/α-hetero) is 1. The van der Waals surface area contributed by atoms with Gasteiger partial charge in [0.1, 0.15) is 12.4 Å². The average molecular weight is 485 g/mol. The van der Waals surface area contributed by atoms with Crippen LogP contribution in [-0.2, 0) is 20.9 Å². The Morgan fingerprint density at radius 3 is 2.43 bits per heavy atom. The van der Waals surface area contributed by atoms with Crippen LogP contribution in [-0.4, -0.2) is 16.7 Å². The normalized spacial score (nSPS) is 21.6. The number of allylic oxidation sites excluding steroid dienone is 3. The summed E-state index contributed by atoms with van der Waals surface area (Å²) in [6, 6.07) is 20.9. The van der Waals surface area contributed by atoms with Gasteiger partial charge in [-0.1, -0.05) is 60.1 Å². The summed E-state index contributed by atoms with van der Waals surface area (Å²) in [5.74, 6) is -1.35. The Morgan fingerprint density at radius 1 is 1.00 bits per heavy atom. The van der Waals surface area contributed by atoms with Crippen LogP contribution in [0, 0.1) is 5.92 Å². The number of esters is 1. The lowest BCUT2D eigenvalue weighted by molar-refractivity contribution is -0.141. The smallest absolute Gasteiger partial charge is 0.336 e. The maximum absolute atomic E-state index is 13.6. The molecule has 5 rings (SSSR count). The molecule has 0 radical (unpaired) electrons. The Kier molecular flexibility index (Phi) is 6.51. The first kappa shape index (κ1) is 23.1. The van der Waals surface area contributed by atoms with Crippen molar-refractivity contribution in [1.29, 1.82) is 0 Å². The van der Waals surface area contributed by atoms with E-state index in [1.807, 2.05) is 73.7 Å². The second kappa shape index (κ2) is 9.88. The van der Waals surface area contributed by atoms with E-state index in [9.17, 15) is 9.59 Å². The number of hydrogen-bond acceptors (Lipinski definition) is 5. The van der Waals surface area contributed by atoms with Gasteiger partial charge in [0.25, 0.3) is 0 Å². The fourth-order valence-corrected chi connectivity index (χ4v) is 5.13. The fraction of sp³-hybridized carbons (Fsp3) is 0.207. The number of carbonyl (C=O) groups is 2. The quantitative estimate of drug-likeness (QED) is 0.471. The number of carbonyl (C=O) groups excluding carboxylic acids is 2. The first-order chi connectivity index (χ1) is 17.0. The van der Waals surface area contributed by atoms with Gasteiger partial charge >= 0.3 is 5.97 Å². The van der Waals surface area contributed by atoms with Crippen LogP contribution in [0.25, 0.3) is 0 Å². The maximum Gasteiger partial charge on any atom is 0.336 e. The molecule has 1 aliphatic heterocycles. The van der Waals surface area contributed by atoms with E-state index >= 15 is 0 Å². The van der Waals surface area contributed by atoms with Gasteiger partial charge in [0, 0.05) is 47.1 Å². The number of nitrogens with one attached hydrogen (secondary N) is 1. The highest BCUT2D eigenvalue weighted by Crippen LogP contribution is 2.46. The number of fused-ring (bicyclic) bond motifs is 1. The molecule has 3 aromatic rings. The molecule has 2 aliphatic rings. The Labute approximate surface area is 209 Å². The molecule has 2 heterocycles. The van der Waals surface area contributed by atoms with Gasteiger partial charge < -0.3 is 10.1 Å². The maximum atomic E-state index is 13.6. The molecule has 5 nitrogen and oxygen atoms in total. The van der Waals surface area contributed by atoms with Gasteiger partial charge in [-0.3, -0.25) is 9.78 Å². The van der Waals surface area contributed by atoms with Crippen LogP contribution in [0.5, 0.6) is 0 Å². The van der Waals surface area contributed by atoms with Crippen molar-refractivity contribution < 1.29 is 14.3 Å². The van der Waals surface area contributed by atoms with Crippen LogP contribution in [0.2, 0.25) is 5.02 Å². The number of hydrogen-bond donors (Lipinski definition) is 1. The van der Waals surface area contributed by atoms with Crippen LogP contribution >= 0.6 is 11.6 Å². The highest BCUT2D eigenvalue weighted by Gasteiger charge is 2.45. The van der Waals surface area contributed by atoms with Crippen molar-refractivity contribution in [2.75, 3.05) is 0 Å². The van der Waals surface area contributed by atoms with Crippen molar-refractivity contribution in [3.8, 4) is 0 Å². The van der Waals surface area contributed by atoms with E-state index in [0.29, 0.717) is 22.7 Å². The zero-order valence-electron chi connectivity index (χ0n) is 19.3. The second-order valence-corrected chi connectivity index (χ2v) is 9.35. The summed E-state index contributed by atoms with van der Waals surface area (Å²) >= 11 is 6.06. The number of pyridine rings is 1. The third kappa shape index (κ3) is 4.77. The molecule has 1 aromatic heterocycles. The van der Waals surface area contributed by atoms with Crippen LogP contribution in [0.15, 0.2) is 102 Å². The van der Waals surface area contributed by atoms with Gasteiger partial charge in [-0.2, -0.15) is 0 Å². The summed E-state index contributed by atoms with van der Waals surface area (Å²) in [6.45, 7) is 2.03. The number of halogens is 1. The minimum atomic E-state index is -0.496. The van der Waals surface area contributed by atoms with E-state index in [2.05, 4.69) is 16.4 Å². The second-order valence-electron chi connectivity index (χ2n) is 8.91. The number of ketones is 1. The lowest BCUT2D eigenvalue weighted by Gasteiger charge is -2.39. The third-order valence-corrected chi connectivity index (χ3v) is 6.91. The Morgan fingerprint density at radius 2 is 1.71 bits per heavy atom. The van der Waals surface area contributed by atoms with Crippen molar-refractivity contribution in [3.05, 3.63) is 124 Å². The Hall–Kier alpha value is -3.70. The van der Waals surface area contributed by atoms with E-state index in [0.717, 1.165) is 22.4 Å². The summed E-state index contributed by atoms with van der Waals surface area (Å²) in [5, 5.41) is 4.03. The van der Waals surface area contributed by atoms with Crippen LogP contribution in [0.3, 0.4) is 0 Å². The monoisotopic (exact) mass is 484 g/mol. The molecule has 0 spiro atoms. The molecule has 0 bridgehead atoms. The summed E-state index contributed by atoms with van der Waals surface area (Å²) in [4.78, 5) is 31.1. The van der Waals surface area contributed by atoms with Crippen molar-refractivity contribution in [1.82, 2.24) is 10.3 Å². The van der Waals surface area contributed by atoms with Crippen molar-refractivity contribution in [2.24, 2.45) is 5.92 Å². The molecule has 0 saturated carbocycles. The largest absolute Gasteiger partial charge is 0.457 e. The predicted molar refractivity (Wildman–Crippen MR) is 134 cm³/mol. The summed E-state index contributed by atoms with van der Waals surface area (Å²) in [7, 11) is 0. The van der Waals surface area contributed by atoms with Gasteiger partial charge in [-0.15, -0.1) is 0 Å². The molecule has 3 atom stereocenters. The SMILES string of the molecule is CC1=C(C(=O)OCc2ccccc2)C(c2ccncc2)C2C(=O)CC(c3ccc(Cl)cc3)C=C2N1. The molecule has 1 N–H and O–H groups in total. The average Bonchev–Trinajstić information content (AvgIpc) is 2.88. The third-order valence-electron chi connectivity index (χ3n) is 6.66. The van der Waals surface area contributed by atoms with Gasteiger partial charge in [-0.25, -0.2) is 4.79 Å². The number of benzene rings is 2. The first-order valence-corrected chi connectivity index (χ1v) is 12.0. The van der Waals surface area contributed by atoms with Gasteiger partial charge in [0.2, 0.25) is 0 Å². The molecule has 3 unspecified atom stereocenters. The first-order valence-electron chi connectivity index (χ1n) is 11.6. The number of nitrogens with zero attached hydrogens (tertiary/aromatic N) is 1. The molecule has 1 aliphatic carbocycles. The lowest BCUT2D eigenvalue weighted by atomic mass is 9.69. The number of ether oxygens (including phenoxy) is 1. The van der Waals surface area contributed by atoms with Crippen LogP contribution < -0.4 is 5.32 Å². The van der Waals surface area contributed by atoms with Gasteiger partial charge in [0.15, 0.2) is 0 Å². The molecule has 176 valence electrons. The molecule has 6 heteroatoms. The van der Waals surface area contributed by atoms with Crippen LogP contribution in [0.4, 0.5) is 0 Å². The molecule has 0 saturated heterocycles. The highest BCUT2D eigenvalue weighted by molar-refractivity contribution is 6.30. The molecular weight excluding hydrogens is 460 g/mol. The molecule has 35 heavy (non-hydrogen) atoms. The predicted octanol–water partition coefficient (Wildman–Crippen LogP) is 5.70. The molecule has 0 amide bonds. The van der Waals surface area contributed by atoms with E-state index in [1.54, 1.807) is 12.4 Å². The minimum Gasteiger partial charge on any atom is -0.457 e. The highest BCUT2D eigenvalue weighted by atomic mass is 35.5. The van der Waals surface area contributed by atoms with Gasteiger partial charge in [-0.05, 0) is 47.9 Å². The van der Waals surface area contributed by atoms with Crippen molar-refractivity contribution in [2.45, 2.75) is 31.8 Å². The van der Waals surface area contributed by atoms with E-state index < -0.39 is 17.8 Å². The Balaban J connectivity index is 1.52. The standard InChI is InChI=1S/C29H25ClN2O3/c1-18-26(29(34)35-17-19-5-3-2-4-6-19)27(21-11-13-31-14-12-21)28-24(32-18)15-22(16-25(28)33)20-7-9-23(30)10-8-20/h2-15,22,27-28,32H,16-17H2,1H3. The molecular formula is C29H25ClN2O3. The zero-order chi connectivity index (χ0) is 24.4. The molecule has 2 aromatic carbocycles. The van der Waals surface area contributed by atoms with Crippen molar-refractivity contribution in [3.63, 3.8) is 0 Å². The topological polar surface area (TPSA) is 68.3 Å². The summed E-state index contributed by atoms with van der Waals surface area (Å²) < 4.78 is 5.71. The Bertz CT molecular complexity index is 1300. The fourth-order valence-electron chi connectivity index (χ4n) is 5.00. The summed E-state index contributed by atoms with van der Waals surface area (Å²) in [5.41, 5.74) is 4.79. The van der Waals surface area contributed by atoms with Crippen molar-refractivity contribution >= 4 is 23.4 Å². The lowest BCUT2D eigenvalue weighted by Crippen LogP contribution is -2.41. The number of aromatic nitrogens is 1. The zero-order valence-corrected chi connectivity index (χ0v) is 20.0. The number of rotatable bonds is 5. The van der Waals surface area contributed by atoms with E-state index in [4.69, 9.17) is 16.3 Å².